The average molecular weight is 252 g/mol. The summed E-state index contributed by atoms with van der Waals surface area (Å²) in [5.41, 5.74) is 1.08. The van der Waals surface area contributed by atoms with Crippen LogP contribution in [0.5, 0.6) is 0 Å². The van der Waals surface area contributed by atoms with Crippen LogP contribution in [0.1, 0.15) is 38.7 Å². The third-order valence-electron chi connectivity index (χ3n) is 2.68. The molecule has 3 heteroatoms. The van der Waals surface area contributed by atoms with Crippen LogP contribution >= 0.6 is 0 Å². The normalized spacial score (nSPS) is 14.4. The van der Waals surface area contributed by atoms with Gasteiger partial charge in [0, 0.05) is 6.61 Å². The molecule has 0 aliphatic rings. The first-order valence-electron chi connectivity index (χ1n) is 6.69. The monoisotopic (exact) mass is 252 g/mol. The number of ether oxygens (including phenoxy) is 2. The molecule has 1 N–H and O–H groups in total. The van der Waals surface area contributed by atoms with Gasteiger partial charge in [-0.1, -0.05) is 50.1 Å². The second kappa shape index (κ2) is 9.09. The van der Waals surface area contributed by atoms with Gasteiger partial charge in [-0.05, 0) is 18.9 Å². The van der Waals surface area contributed by atoms with Gasteiger partial charge in [0.2, 0.25) is 0 Å². The molecule has 2 unspecified atom stereocenters. The smallest absolute Gasteiger partial charge is 0.183 e. The largest absolute Gasteiger partial charge is 0.388 e. The first kappa shape index (κ1) is 15.2. The lowest BCUT2D eigenvalue weighted by Crippen LogP contribution is -2.29. The molecule has 0 fully saturated rings. The van der Waals surface area contributed by atoms with Crippen LogP contribution in [0, 0.1) is 0 Å². The first-order chi connectivity index (χ1) is 8.74. The summed E-state index contributed by atoms with van der Waals surface area (Å²) in [4.78, 5) is 0. The summed E-state index contributed by atoms with van der Waals surface area (Å²) < 4.78 is 11.2. The Morgan fingerprint density at radius 1 is 1.11 bits per heavy atom. The van der Waals surface area contributed by atoms with Gasteiger partial charge < -0.3 is 14.6 Å². The van der Waals surface area contributed by atoms with Crippen molar-refractivity contribution in [3.63, 3.8) is 0 Å². The summed E-state index contributed by atoms with van der Waals surface area (Å²) >= 11 is 0. The van der Waals surface area contributed by atoms with E-state index in [0.717, 1.165) is 24.8 Å². The van der Waals surface area contributed by atoms with Crippen molar-refractivity contribution in [2.24, 2.45) is 0 Å². The Morgan fingerprint density at radius 2 is 1.83 bits per heavy atom. The first-order valence-corrected chi connectivity index (χ1v) is 6.69. The van der Waals surface area contributed by atoms with Crippen LogP contribution in [0.4, 0.5) is 0 Å². The maximum absolute atomic E-state index is 9.60. The topological polar surface area (TPSA) is 38.7 Å². The van der Waals surface area contributed by atoms with E-state index in [-0.39, 0.29) is 0 Å². The van der Waals surface area contributed by atoms with Gasteiger partial charge in [0.15, 0.2) is 6.29 Å². The van der Waals surface area contributed by atoms with Gasteiger partial charge in [-0.15, -0.1) is 0 Å². The van der Waals surface area contributed by atoms with Crippen molar-refractivity contribution < 1.29 is 14.6 Å². The van der Waals surface area contributed by atoms with Crippen LogP contribution in [0.2, 0.25) is 0 Å². The number of aliphatic hydroxyl groups excluding tert-OH is 1. The highest BCUT2D eigenvalue weighted by molar-refractivity contribution is 5.13. The number of hydrogen-bond acceptors (Lipinski definition) is 3. The molecule has 0 spiro atoms. The summed E-state index contributed by atoms with van der Waals surface area (Å²) in [5.74, 6) is 0. The molecule has 0 amide bonds. The molecule has 0 heterocycles. The lowest BCUT2D eigenvalue weighted by Gasteiger charge is -2.21. The molecule has 0 aromatic heterocycles. The fourth-order valence-corrected chi connectivity index (χ4v) is 1.63. The number of benzene rings is 1. The van der Waals surface area contributed by atoms with E-state index in [1.807, 2.05) is 30.3 Å². The highest BCUT2D eigenvalue weighted by Crippen LogP contribution is 2.08. The van der Waals surface area contributed by atoms with Crippen molar-refractivity contribution >= 4 is 0 Å². The molecule has 2 atom stereocenters. The zero-order valence-electron chi connectivity index (χ0n) is 11.3. The van der Waals surface area contributed by atoms with Crippen molar-refractivity contribution in [3.05, 3.63) is 35.9 Å². The van der Waals surface area contributed by atoms with Gasteiger partial charge in [-0.2, -0.15) is 0 Å². The second-order valence-electron chi connectivity index (χ2n) is 4.48. The van der Waals surface area contributed by atoms with E-state index >= 15 is 0 Å². The van der Waals surface area contributed by atoms with Crippen LogP contribution in [-0.2, 0) is 16.1 Å². The SMILES string of the molecule is CCCCCOC(OCc1ccccc1)C(C)O. The van der Waals surface area contributed by atoms with Crippen LogP contribution in [0.3, 0.4) is 0 Å². The quantitative estimate of drug-likeness (QED) is 0.542. The van der Waals surface area contributed by atoms with Crippen molar-refractivity contribution in [1.29, 1.82) is 0 Å². The Balaban J connectivity index is 2.29. The zero-order valence-corrected chi connectivity index (χ0v) is 11.3. The Morgan fingerprint density at radius 3 is 2.44 bits per heavy atom. The van der Waals surface area contributed by atoms with Gasteiger partial charge in [0.25, 0.3) is 0 Å². The Labute approximate surface area is 110 Å². The molecule has 3 nitrogen and oxygen atoms in total. The molecule has 1 aromatic rings. The van der Waals surface area contributed by atoms with E-state index < -0.39 is 12.4 Å². The lowest BCUT2D eigenvalue weighted by atomic mass is 10.2. The molecule has 1 aromatic carbocycles. The second-order valence-corrected chi connectivity index (χ2v) is 4.48. The molecule has 0 radical (unpaired) electrons. The molecule has 0 aliphatic carbocycles. The minimum Gasteiger partial charge on any atom is -0.388 e. The number of rotatable bonds is 9. The minimum atomic E-state index is -0.615. The van der Waals surface area contributed by atoms with Gasteiger partial charge in [-0.25, -0.2) is 0 Å². The molecular formula is C15H24O3. The summed E-state index contributed by atoms with van der Waals surface area (Å²) in [7, 11) is 0. The van der Waals surface area contributed by atoms with Crippen LogP contribution < -0.4 is 0 Å². The molecular weight excluding hydrogens is 228 g/mol. The van der Waals surface area contributed by atoms with Gasteiger partial charge in [0.1, 0.15) is 6.10 Å². The predicted molar refractivity (Wildman–Crippen MR) is 72.2 cm³/mol. The third-order valence-corrected chi connectivity index (χ3v) is 2.68. The molecule has 102 valence electrons. The number of unbranched alkanes of at least 4 members (excludes halogenated alkanes) is 2. The van der Waals surface area contributed by atoms with E-state index in [0.29, 0.717) is 13.2 Å². The van der Waals surface area contributed by atoms with Gasteiger partial charge in [-0.3, -0.25) is 0 Å². The Bertz CT molecular complexity index is 298. The average Bonchev–Trinajstić information content (AvgIpc) is 2.38. The summed E-state index contributed by atoms with van der Waals surface area (Å²) in [6.45, 7) is 4.94. The van der Waals surface area contributed by atoms with Crippen LogP contribution in [-0.4, -0.2) is 24.1 Å². The molecule has 0 saturated carbocycles. The third kappa shape index (κ3) is 6.15. The zero-order chi connectivity index (χ0) is 13.2. The minimum absolute atomic E-state index is 0.462. The van der Waals surface area contributed by atoms with Crippen molar-refractivity contribution in [1.82, 2.24) is 0 Å². The van der Waals surface area contributed by atoms with Crippen molar-refractivity contribution in [2.45, 2.75) is 52.1 Å². The van der Waals surface area contributed by atoms with E-state index in [2.05, 4.69) is 6.92 Å². The Hall–Kier alpha value is -0.900. The summed E-state index contributed by atoms with van der Waals surface area (Å²) in [5, 5.41) is 9.60. The van der Waals surface area contributed by atoms with E-state index in [9.17, 15) is 5.11 Å². The maximum Gasteiger partial charge on any atom is 0.183 e. The van der Waals surface area contributed by atoms with E-state index in [1.165, 1.54) is 0 Å². The summed E-state index contributed by atoms with van der Waals surface area (Å²) in [6.07, 6.45) is 2.16. The van der Waals surface area contributed by atoms with E-state index in [4.69, 9.17) is 9.47 Å². The van der Waals surface area contributed by atoms with Crippen LogP contribution in [0.15, 0.2) is 30.3 Å². The molecule has 0 bridgehead atoms. The fourth-order valence-electron chi connectivity index (χ4n) is 1.63. The van der Waals surface area contributed by atoms with Gasteiger partial charge in [0.05, 0.1) is 6.61 Å². The number of aliphatic hydroxyl groups is 1. The molecule has 0 aliphatic heterocycles. The van der Waals surface area contributed by atoms with E-state index in [1.54, 1.807) is 6.92 Å². The number of hydrogen-bond donors (Lipinski definition) is 1. The Kier molecular flexibility index (Phi) is 7.65. The highest BCUT2D eigenvalue weighted by Gasteiger charge is 2.15. The molecule has 18 heavy (non-hydrogen) atoms. The fraction of sp³-hybridized carbons (Fsp3) is 0.600. The molecule has 1 rings (SSSR count). The van der Waals surface area contributed by atoms with Crippen molar-refractivity contribution in [3.8, 4) is 0 Å². The lowest BCUT2D eigenvalue weighted by molar-refractivity contribution is -0.196. The van der Waals surface area contributed by atoms with Crippen molar-refractivity contribution in [2.75, 3.05) is 6.61 Å². The predicted octanol–water partition coefficient (Wildman–Crippen LogP) is 3.12. The van der Waals surface area contributed by atoms with Crippen LogP contribution in [0.25, 0.3) is 0 Å². The highest BCUT2D eigenvalue weighted by atomic mass is 16.7. The molecule has 0 saturated heterocycles. The standard InChI is InChI=1S/C15H24O3/c1-3-4-8-11-17-15(13(2)16)18-12-14-9-6-5-7-10-14/h5-7,9-10,13,15-16H,3-4,8,11-12H2,1-2H3. The maximum atomic E-state index is 9.60. The van der Waals surface area contributed by atoms with Gasteiger partial charge >= 0.3 is 0 Å². The summed E-state index contributed by atoms with van der Waals surface area (Å²) in [6, 6.07) is 9.90.